The molecule has 0 unspecified atom stereocenters. The lowest BCUT2D eigenvalue weighted by Crippen LogP contribution is -2.09. The molecule has 0 atom stereocenters. The Morgan fingerprint density at radius 3 is 2.57 bits per heavy atom. The summed E-state index contributed by atoms with van der Waals surface area (Å²) in [5, 5.41) is 9.54. The molecule has 23 heavy (non-hydrogen) atoms. The standard InChI is InChI=1S/C18H14N4O/c23-18-10-11-21(17-9-5-4-8-16(17)18)13-14-12-19-22(20-14)15-6-2-1-3-7-15/h1-12H,13H2. The highest BCUT2D eigenvalue weighted by Gasteiger charge is 2.06. The van der Waals surface area contributed by atoms with E-state index in [-0.39, 0.29) is 5.43 Å². The predicted molar refractivity (Wildman–Crippen MR) is 88.7 cm³/mol. The Labute approximate surface area is 132 Å². The van der Waals surface area contributed by atoms with Crippen molar-refractivity contribution in [2.45, 2.75) is 6.54 Å². The van der Waals surface area contributed by atoms with E-state index >= 15 is 0 Å². The van der Waals surface area contributed by atoms with Gasteiger partial charge in [0.25, 0.3) is 0 Å². The fourth-order valence-electron chi connectivity index (χ4n) is 2.63. The van der Waals surface area contributed by atoms with Gasteiger partial charge in [0.15, 0.2) is 5.43 Å². The normalized spacial score (nSPS) is 11.0. The first-order valence-corrected chi connectivity index (χ1v) is 7.36. The lowest BCUT2D eigenvalue weighted by molar-refractivity contribution is 0.718. The Hall–Kier alpha value is -3.21. The second kappa shape index (κ2) is 5.53. The number of para-hydroxylation sites is 2. The number of nitrogens with zero attached hydrogens (tertiary/aromatic N) is 4. The van der Waals surface area contributed by atoms with Gasteiger partial charge in [-0.25, -0.2) is 0 Å². The maximum atomic E-state index is 11.9. The SMILES string of the molecule is O=c1ccn(Cc2cnn(-c3ccccc3)n2)c2ccccc12. The lowest BCUT2D eigenvalue weighted by atomic mass is 10.2. The van der Waals surface area contributed by atoms with Gasteiger partial charge < -0.3 is 4.57 Å². The van der Waals surface area contributed by atoms with Gasteiger partial charge in [-0.3, -0.25) is 4.79 Å². The minimum Gasteiger partial charge on any atom is -0.341 e. The molecule has 0 N–H and O–H groups in total. The van der Waals surface area contributed by atoms with Gasteiger partial charge in [0.05, 0.1) is 23.9 Å². The third-order valence-electron chi connectivity index (χ3n) is 3.74. The molecule has 0 aliphatic heterocycles. The Balaban J connectivity index is 1.71. The number of hydrogen-bond donors (Lipinski definition) is 0. The highest BCUT2D eigenvalue weighted by molar-refractivity contribution is 5.78. The third-order valence-corrected chi connectivity index (χ3v) is 3.74. The summed E-state index contributed by atoms with van der Waals surface area (Å²) < 4.78 is 2.01. The molecule has 4 aromatic rings. The fourth-order valence-corrected chi connectivity index (χ4v) is 2.63. The number of fused-ring (bicyclic) bond motifs is 1. The molecule has 0 spiro atoms. The number of aromatic nitrogens is 4. The second-order valence-corrected chi connectivity index (χ2v) is 5.29. The van der Waals surface area contributed by atoms with Gasteiger partial charge in [-0.15, -0.1) is 0 Å². The summed E-state index contributed by atoms with van der Waals surface area (Å²) in [6.45, 7) is 0.563. The van der Waals surface area contributed by atoms with Crippen molar-refractivity contribution in [1.29, 1.82) is 0 Å². The topological polar surface area (TPSA) is 52.7 Å². The van der Waals surface area contributed by atoms with Crippen LogP contribution in [0.5, 0.6) is 0 Å². The average Bonchev–Trinajstić information content (AvgIpc) is 3.07. The molecule has 0 amide bonds. The van der Waals surface area contributed by atoms with E-state index in [1.54, 1.807) is 23.3 Å². The Morgan fingerprint density at radius 1 is 0.913 bits per heavy atom. The zero-order valence-corrected chi connectivity index (χ0v) is 12.3. The second-order valence-electron chi connectivity index (χ2n) is 5.29. The maximum Gasteiger partial charge on any atom is 0.189 e. The van der Waals surface area contributed by atoms with Crippen LogP contribution in [0, 0.1) is 0 Å². The van der Waals surface area contributed by atoms with Gasteiger partial charge in [-0.2, -0.15) is 15.0 Å². The summed E-state index contributed by atoms with van der Waals surface area (Å²) in [4.78, 5) is 13.5. The van der Waals surface area contributed by atoms with Gasteiger partial charge in [-0.1, -0.05) is 30.3 Å². The van der Waals surface area contributed by atoms with Crippen LogP contribution in [-0.2, 0) is 6.54 Å². The molecule has 5 nitrogen and oxygen atoms in total. The van der Waals surface area contributed by atoms with Gasteiger partial charge in [-0.05, 0) is 24.3 Å². The first-order valence-electron chi connectivity index (χ1n) is 7.36. The highest BCUT2D eigenvalue weighted by Crippen LogP contribution is 2.11. The Kier molecular flexibility index (Phi) is 3.24. The monoisotopic (exact) mass is 302 g/mol. The van der Waals surface area contributed by atoms with Crippen LogP contribution in [0.15, 0.2) is 77.9 Å². The minimum absolute atomic E-state index is 0.0322. The van der Waals surface area contributed by atoms with E-state index in [0.29, 0.717) is 11.9 Å². The van der Waals surface area contributed by atoms with Crippen molar-refractivity contribution in [2.24, 2.45) is 0 Å². The highest BCUT2D eigenvalue weighted by atomic mass is 16.1. The molecule has 0 bridgehead atoms. The first kappa shape index (κ1) is 13.5. The summed E-state index contributed by atoms with van der Waals surface area (Å²) in [5.41, 5.74) is 2.69. The summed E-state index contributed by atoms with van der Waals surface area (Å²) in [6, 6.07) is 19.0. The zero-order valence-electron chi connectivity index (χ0n) is 12.3. The van der Waals surface area contributed by atoms with E-state index in [1.165, 1.54) is 0 Å². The number of hydrogen-bond acceptors (Lipinski definition) is 3. The zero-order chi connectivity index (χ0) is 15.6. The van der Waals surface area contributed by atoms with Crippen LogP contribution in [0.1, 0.15) is 5.69 Å². The quantitative estimate of drug-likeness (QED) is 0.584. The molecule has 0 saturated heterocycles. The van der Waals surface area contributed by atoms with Gasteiger partial charge in [0.2, 0.25) is 0 Å². The summed E-state index contributed by atoms with van der Waals surface area (Å²) in [5.74, 6) is 0. The van der Waals surface area contributed by atoms with Crippen LogP contribution in [0.4, 0.5) is 0 Å². The van der Waals surface area contributed by atoms with Crippen molar-refractivity contribution < 1.29 is 0 Å². The molecule has 0 aliphatic rings. The lowest BCUT2D eigenvalue weighted by Gasteiger charge is -2.08. The number of pyridine rings is 1. The molecular formula is C18H14N4O. The van der Waals surface area contributed by atoms with Crippen LogP contribution in [-0.4, -0.2) is 19.6 Å². The fraction of sp³-hybridized carbons (Fsp3) is 0.0556. The van der Waals surface area contributed by atoms with Crippen molar-refractivity contribution in [2.75, 3.05) is 0 Å². The van der Waals surface area contributed by atoms with E-state index in [2.05, 4.69) is 10.2 Å². The van der Waals surface area contributed by atoms with Crippen LogP contribution in [0.25, 0.3) is 16.6 Å². The molecule has 0 saturated carbocycles. The van der Waals surface area contributed by atoms with Crippen LogP contribution in [0.2, 0.25) is 0 Å². The smallest absolute Gasteiger partial charge is 0.189 e. The average molecular weight is 302 g/mol. The third kappa shape index (κ3) is 2.53. The number of benzene rings is 2. The largest absolute Gasteiger partial charge is 0.341 e. The molecule has 2 heterocycles. The van der Waals surface area contributed by atoms with E-state index < -0.39 is 0 Å². The van der Waals surface area contributed by atoms with Crippen LogP contribution >= 0.6 is 0 Å². The summed E-state index contributed by atoms with van der Waals surface area (Å²) in [6.07, 6.45) is 3.55. The summed E-state index contributed by atoms with van der Waals surface area (Å²) >= 11 is 0. The van der Waals surface area contributed by atoms with Crippen molar-refractivity contribution in [3.63, 3.8) is 0 Å². The molecular weight excluding hydrogens is 288 g/mol. The van der Waals surface area contributed by atoms with Crippen molar-refractivity contribution in [3.05, 3.63) is 89.0 Å². The Morgan fingerprint density at radius 2 is 1.70 bits per heavy atom. The number of rotatable bonds is 3. The van der Waals surface area contributed by atoms with E-state index in [1.807, 2.05) is 59.2 Å². The first-order chi connectivity index (χ1) is 11.3. The van der Waals surface area contributed by atoms with Gasteiger partial charge in [0, 0.05) is 17.6 Å². The maximum absolute atomic E-state index is 11.9. The van der Waals surface area contributed by atoms with Gasteiger partial charge in [0.1, 0.15) is 5.69 Å². The van der Waals surface area contributed by atoms with E-state index in [9.17, 15) is 4.79 Å². The van der Waals surface area contributed by atoms with E-state index in [0.717, 1.165) is 16.9 Å². The minimum atomic E-state index is 0.0322. The molecule has 2 aromatic carbocycles. The molecule has 2 aromatic heterocycles. The van der Waals surface area contributed by atoms with E-state index in [4.69, 9.17) is 0 Å². The van der Waals surface area contributed by atoms with Crippen molar-refractivity contribution in [3.8, 4) is 5.69 Å². The molecule has 0 aliphatic carbocycles. The predicted octanol–water partition coefficient (Wildman–Crippen LogP) is 2.63. The summed E-state index contributed by atoms with van der Waals surface area (Å²) in [7, 11) is 0. The molecule has 0 fully saturated rings. The molecule has 5 heteroatoms. The van der Waals surface area contributed by atoms with Crippen molar-refractivity contribution >= 4 is 10.9 Å². The van der Waals surface area contributed by atoms with Crippen molar-refractivity contribution in [1.82, 2.24) is 19.6 Å². The molecule has 0 radical (unpaired) electrons. The van der Waals surface area contributed by atoms with Crippen LogP contribution < -0.4 is 5.43 Å². The Bertz CT molecular complexity index is 1020. The molecule has 112 valence electrons. The van der Waals surface area contributed by atoms with Gasteiger partial charge >= 0.3 is 0 Å². The van der Waals surface area contributed by atoms with Crippen LogP contribution in [0.3, 0.4) is 0 Å². The molecule has 4 rings (SSSR count).